The zero-order chi connectivity index (χ0) is 13.8. The molecule has 1 aromatic carbocycles. The van der Waals surface area contributed by atoms with E-state index in [1.807, 2.05) is 0 Å². The van der Waals surface area contributed by atoms with Crippen LogP contribution in [0.4, 0.5) is 0 Å². The Morgan fingerprint density at radius 1 is 1.26 bits per heavy atom. The Morgan fingerprint density at radius 2 is 1.95 bits per heavy atom. The first-order valence-corrected chi connectivity index (χ1v) is 7.49. The zero-order valence-corrected chi connectivity index (χ0v) is 12.4. The summed E-state index contributed by atoms with van der Waals surface area (Å²) < 4.78 is 5.85. The van der Waals surface area contributed by atoms with Gasteiger partial charge in [0.1, 0.15) is 12.4 Å². The maximum atomic E-state index is 10.2. The van der Waals surface area contributed by atoms with E-state index in [2.05, 4.69) is 39.0 Å². The van der Waals surface area contributed by atoms with Crippen molar-refractivity contribution in [3.8, 4) is 5.75 Å². The van der Waals surface area contributed by atoms with Gasteiger partial charge < -0.3 is 9.84 Å². The van der Waals surface area contributed by atoms with Crippen LogP contribution in [0.1, 0.15) is 56.6 Å². The Morgan fingerprint density at radius 3 is 2.58 bits per heavy atom. The number of benzene rings is 1. The van der Waals surface area contributed by atoms with Gasteiger partial charge in [0.15, 0.2) is 0 Å². The van der Waals surface area contributed by atoms with Crippen LogP contribution in [0.3, 0.4) is 0 Å². The lowest BCUT2D eigenvalue weighted by Gasteiger charge is -2.19. The SMILES string of the molecule is Cc1ccc(C(C)C)cc1OCC(O)C1CCCC1. The van der Waals surface area contributed by atoms with Crippen molar-refractivity contribution in [3.05, 3.63) is 29.3 Å². The molecule has 1 fully saturated rings. The molecule has 2 rings (SSSR count). The molecular weight excluding hydrogens is 236 g/mol. The van der Waals surface area contributed by atoms with Gasteiger partial charge in [-0.1, -0.05) is 38.8 Å². The summed E-state index contributed by atoms with van der Waals surface area (Å²) in [5.74, 6) is 1.86. The van der Waals surface area contributed by atoms with Crippen LogP contribution in [0, 0.1) is 12.8 Å². The molecule has 19 heavy (non-hydrogen) atoms. The lowest BCUT2D eigenvalue weighted by molar-refractivity contribution is 0.0590. The summed E-state index contributed by atoms with van der Waals surface area (Å²) >= 11 is 0. The predicted octanol–water partition coefficient (Wildman–Crippen LogP) is 4.05. The van der Waals surface area contributed by atoms with Gasteiger partial charge in [0.25, 0.3) is 0 Å². The first-order chi connectivity index (χ1) is 9.08. The highest BCUT2D eigenvalue weighted by Crippen LogP contribution is 2.29. The Labute approximate surface area is 116 Å². The molecule has 1 aromatic rings. The van der Waals surface area contributed by atoms with E-state index in [0.717, 1.165) is 24.2 Å². The van der Waals surface area contributed by atoms with E-state index in [1.54, 1.807) is 0 Å². The van der Waals surface area contributed by atoms with E-state index in [4.69, 9.17) is 4.74 Å². The van der Waals surface area contributed by atoms with Crippen LogP contribution in [0.2, 0.25) is 0 Å². The molecule has 0 aromatic heterocycles. The summed E-state index contributed by atoms with van der Waals surface area (Å²) in [5, 5.41) is 10.2. The Balaban J connectivity index is 1.96. The monoisotopic (exact) mass is 262 g/mol. The van der Waals surface area contributed by atoms with E-state index >= 15 is 0 Å². The third-order valence-corrected chi connectivity index (χ3v) is 4.23. The van der Waals surface area contributed by atoms with Crippen molar-refractivity contribution in [2.45, 2.75) is 58.5 Å². The lowest BCUT2D eigenvalue weighted by Crippen LogP contribution is -2.25. The fraction of sp³-hybridized carbons (Fsp3) is 0.647. The summed E-state index contributed by atoms with van der Waals surface area (Å²) in [6, 6.07) is 6.37. The summed E-state index contributed by atoms with van der Waals surface area (Å²) in [6.45, 7) is 6.85. The molecular formula is C17H26O2. The maximum Gasteiger partial charge on any atom is 0.122 e. The number of aryl methyl sites for hydroxylation is 1. The van der Waals surface area contributed by atoms with Gasteiger partial charge in [-0.2, -0.15) is 0 Å². The molecule has 1 N–H and O–H groups in total. The van der Waals surface area contributed by atoms with Crippen molar-refractivity contribution in [2.24, 2.45) is 5.92 Å². The third-order valence-electron chi connectivity index (χ3n) is 4.23. The Bertz CT molecular complexity index is 406. The third kappa shape index (κ3) is 3.73. The second kappa shape index (κ2) is 6.42. The molecule has 0 amide bonds. The summed E-state index contributed by atoms with van der Waals surface area (Å²) in [4.78, 5) is 0. The quantitative estimate of drug-likeness (QED) is 0.867. The fourth-order valence-corrected chi connectivity index (χ4v) is 2.78. The van der Waals surface area contributed by atoms with Crippen LogP contribution in [0.5, 0.6) is 5.75 Å². The predicted molar refractivity (Wildman–Crippen MR) is 78.7 cm³/mol. The van der Waals surface area contributed by atoms with Crippen molar-refractivity contribution in [2.75, 3.05) is 6.61 Å². The smallest absolute Gasteiger partial charge is 0.122 e. The van der Waals surface area contributed by atoms with Gasteiger partial charge in [-0.3, -0.25) is 0 Å². The number of hydrogen-bond acceptors (Lipinski definition) is 2. The highest BCUT2D eigenvalue weighted by Gasteiger charge is 2.23. The normalized spacial score (nSPS) is 17.9. The summed E-state index contributed by atoms with van der Waals surface area (Å²) in [5.41, 5.74) is 2.43. The molecule has 2 heteroatoms. The number of aliphatic hydroxyl groups excluding tert-OH is 1. The van der Waals surface area contributed by atoms with E-state index < -0.39 is 0 Å². The molecule has 1 saturated carbocycles. The molecule has 0 heterocycles. The van der Waals surface area contributed by atoms with Crippen LogP contribution >= 0.6 is 0 Å². The Hall–Kier alpha value is -1.02. The minimum absolute atomic E-state index is 0.315. The van der Waals surface area contributed by atoms with Crippen molar-refractivity contribution in [1.82, 2.24) is 0 Å². The molecule has 1 aliphatic rings. The van der Waals surface area contributed by atoms with Crippen molar-refractivity contribution in [1.29, 1.82) is 0 Å². The average Bonchev–Trinajstić information content (AvgIpc) is 2.91. The molecule has 1 aliphatic carbocycles. The van der Waals surface area contributed by atoms with Gasteiger partial charge in [-0.05, 0) is 48.8 Å². The molecule has 0 radical (unpaired) electrons. The number of aliphatic hydroxyl groups is 1. The second-order valence-corrected chi connectivity index (χ2v) is 6.10. The fourth-order valence-electron chi connectivity index (χ4n) is 2.78. The van der Waals surface area contributed by atoms with Crippen molar-refractivity contribution in [3.63, 3.8) is 0 Å². The number of hydrogen-bond donors (Lipinski definition) is 1. The molecule has 2 nitrogen and oxygen atoms in total. The average molecular weight is 262 g/mol. The van der Waals surface area contributed by atoms with Gasteiger partial charge in [0.2, 0.25) is 0 Å². The van der Waals surface area contributed by atoms with E-state index in [9.17, 15) is 5.11 Å². The summed E-state index contributed by atoms with van der Waals surface area (Å²) in [7, 11) is 0. The van der Waals surface area contributed by atoms with E-state index in [0.29, 0.717) is 18.4 Å². The minimum Gasteiger partial charge on any atom is -0.491 e. The summed E-state index contributed by atoms with van der Waals surface area (Å²) in [6.07, 6.45) is 4.49. The maximum absolute atomic E-state index is 10.2. The minimum atomic E-state index is -0.315. The van der Waals surface area contributed by atoms with Gasteiger partial charge in [-0.25, -0.2) is 0 Å². The first-order valence-electron chi connectivity index (χ1n) is 7.49. The topological polar surface area (TPSA) is 29.5 Å². The second-order valence-electron chi connectivity index (χ2n) is 6.10. The van der Waals surface area contributed by atoms with Gasteiger partial charge in [-0.15, -0.1) is 0 Å². The molecule has 0 saturated heterocycles. The van der Waals surface area contributed by atoms with Crippen LogP contribution in [0.25, 0.3) is 0 Å². The standard InChI is InChI=1S/C17H26O2/c1-12(2)15-9-8-13(3)17(10-15)19-11-16(18)14-6-4-5-7-14/h8-10,12,14,16,18H,4-7,11H2,1-3H3. The van der Waals surface area contributed by atoms with Crippen LogP contribution < -0.4 is 4.74 Å². The molecule has 0 aliphatic heterocycles. The van der Waals surface area contributed by atoms with Crippen LogP contribution in [-0.2, 0) is 0 Å². The van der Waals surface area contributed by atoms with E-state index in [1.165, 1.54) is 18.4 Å². The van der Waals surface area contributed by atoms with Crippen molar-refractivity contribution < 1.29 is 9.84 Å². The molecule has 0 bridgehead atoms. The van der Waals surface area contributed by atoms with E-state index in [-0.39, 0.29) is 6.10 Å². The van der Waals surface area contributed by atoms with Gasteiger partial charge in [0, 0.05) is 0 Å². The van der Waals surface area contributed by atoms with Crippen LogP contribution in [-0.4, -0.2) is 17.8 Å². The molecule has 1 unspecified atom stereocenters. The lowest BCUT2D eigenvalue weighted by atomic mass is 10.0. The molecule has 0 spiro atoms. The molecule has 106 valence electrons. The zero-order valence-electron chi connectivity index (χ0n) is 12.4. The first kappa shape index (κ1) is 14.4. The van der Waals surface area contributed by atoms with Crippen LogP contribution in [0.15, 0.2) is 18.2 Å². The van der Waals surface area contributed by atoms with Gasteiger partial charge in [0.05, 0.1) is 6.10 Å². The largest absolute Gasteiger partial charge is 0.491 e. The highest BCUT2D eigenvalue weighted by molar-refractivity contribution is 5.37. The number of rotatable bonds is 5. The van der Waals surface area contributed by atoms with Crippen molar-refractivity contribution >= 4 is 0 Å². The molecule has 1 atom stereocenters. The highest BCUT2D eigenvalue weighted by atomic mass is 16.5. The Kier molecular flexibility index (Phi) is 4.87. The van der Waals surface area contributed by atoms with Gasteiger partial charge >= 0.3 is 0 Å². The number of ether oxygens (including phenoxy) is 1.